The van der Waals surface area contributed by atoms with Crippen molar-refractivity contribution in [1.29, 1.82) is 0 Å². The Bertz CT molecular complexity index is 1500. The first-order chi connectivity index (χ1) is 26.2. The number of amides is 1. The standard InChI is InChI=1S/C37H59NO18Si/c1-17(2)37(11,12)57(13,14)56-36-29(38-18(3)39)31(50-22(7)43)28(26(55-36)15-47-19(4)40)32(51-23(8)44)34-35(53-25(10)46)33(52-24(9)45)30(49-21(6)42)27(54-34)16-48-20(5)41/h17,26-36H,15-16H2,1-14H3,(H,38,39)/t26-,27-,28-,29-,30+,31+,32-,33+,34+,35-,36+/m1/s1. The van der Waals surface area contributed by atoms with E-state index >= 15 is 0 Å². The fourth-order valence-electron chi connectivity index (χ4n) is 6.75. The monoisotopic (exact) mass is 833 g/mol. The van der Waals surface area contributed by atoms with Gasteiger partial charge in [0.15, 0.2) is 32.9 Å². The average molecular weight is 834 g/mol. The highest BCUT2D eigenvalue weighted by atomic mass is 28.4. The summed E-state index contributed by atoms with van der Waals surface area (Å²) in [6.07, 6.45) is -14.2. The fraction of sp³-hybridized carbons (Fsp3) is 0.784. The van der Waals surface area contributed by atoms with E-state index in [4.69, 9.17) is 47.1 Å². The smallest absolute Gasteiger partial charge is 0.303 e. The highest BCUT2D eigenvalue weighted by Crippen LogP contribution is 2.47. The molecule has 19 nitrogen and oxygen atoms in total. The van der Waals surface area contributed by atoms with Crippen LogP contribution >= 0.6 is 0 Å². The summed E-state index contributed by atoms with van der Waals surface area (Å²) in [4.78, 5) is 101. The summed E-state index contributed by atoms with van der Waals surface area (Å²) in [6.45, 7) is 19.6. The molecule has 324 valence electrons. The number of ether oxygens (including phenoxy) is 9. The van der Waals surface area contributed by atoms with E-state index in [0.717, 1.165) is 48.5 Å². The van der Waals surface area contributed by atoms with Gasteiger partial charge >= 0.3 is 41.8 Å². The van der Waals surface area contributed by atoms with Crippen LogP contribution in [0.3, 0.4) is 0 Å². The van der Waals surface area contributed by atoms with Crippen molar-refractivity contribution < 1.29 is 85.4 Å². The molecule has 0 saturated carbocycles. The lowest BCUT2D eigenvalue weighted by Crippen LogP contribution is -2.71. The Morgan fingerprint density at radius 3 is 1.51 bits per heavy atom. The van der Waals surface area contributed by atoms with Crippen LogP contribution in [0.4, 0.5) is 0 Å². The minimum absolute atomic E-state index is 0.117. The Hall–Kier alpha value is -4.14. The molecule has 2 aliphatic rings. The molecule has 2 aliphatic heterocycles. The molecule has 20 heteroatoms. The van der Waals surface area contributed by atoms with Gasteiger partial charge in [-0.3, -0.25) is 38.4 Å². The zero-order valence-corrected chi connectivity index (χ0v) is 36.2. The van der Waals surface area contributed by atoms with Gasteiger partial charge in [0.25, 0.3) is 0 Å². The number of hydrogen-bond donors (Lipinski definition) is 1. The van der Waals surface area contributed by atoms with Crippen LogP contribution in [0.25, 0.3) is 0 Å². The van der Waals surface area contributed by atoms with Crippen molar-refractivity contribution in [1.82, 2.24) is 5.32 Å². The van der Waals surface area contributed by atoms with Crippen LogP contribution < -0.4 is 5.32 Å². The van der Waals surface area contributed by atoms with E-state index in [1.54, 1.807) is 0 Å². The molecule has 0 aromatic rings. The van der Waals surface area contributed by atoms with Crippen molar-refractivity contribution in [2.75, 3.05) is 13.2 Å². The second-order valence-electron chi connectivity index (χ2n) is 15.5. The lowest BCUT2D eigenvalue weighted by atomic mass is 9.78. The molecule has 0 bridgehead atoms. The summed E-state index contributed by atoms with van der Waals surface area (Å²) < 4.78 is 59.1. The van der Waals surface area contributed by atoms with Crippen molar-refractivity contribution >= 4 is 56.0 Å². The Morgan fingerprint density at radius 2 is 1.07 bits per heavy atom. The van der Waals surface area contributed by atoms with Crippen LogP contribution in [-0.2, 0) is 85.4 Å². The third-order valence-electron chi connectivity index (χ3n) is 10.3. The highest BCUT2D eigenvalue weighted by molar-refractivity contribution is 6.74. The minimum atomic E-state index is -2.85. The van der Waals surface area contributed by atoms with Crippen LogP contribution in [0.5, 0.6) is 0 Å². The van der Waals surface area contributed by atoms with Crippen LogP contribution in [0, 0.1) is 11.8 Å². The fourth-order valence-corrected chi connectivity index (χ4v) is 9.23. The van der Waals surface area contributed by atoms with Gasteiger partial charge in [0, 0.05) is 55.4 Å². The summed E-state index contributed by atoms with van der Waals surface area (Å²) in [7, 11) is -2.85. The zero-order chi connectivity index (χ0) is 43.7. The van der Waals surface area contributed by atoms with Gasteiger partial charge in [-0.15, -0.1) is 0 Å². The summed E-state index contributed by atoms with van der Waals surface area (Å²) in [6, 6.07) is -1.32. The van der Waals surface area contributed by atoms with Crippen LogP contribution in [-0.4, -0.2) is 130 Å². The molecule has 0 aliphatic carbocycles. The summed E-state index contributed by atoms with van der Waals surface area (Å²) in [5.41, 5.74) is 0. The minimum Gasteiger partial charge on any atom is -0.463 e. The third kappa shape index (κ3) is 13.5. The Morgan fingerprint density at radius 1 is 0.614 bits per heavy atom. The molecule has 0 unspecified atom stereocenters. The molecule has 0 spiro atoms. The molecular weight excluding hydrogens is 774 g/mol. The maximum absolute atomic E-state index is 13.1. The summed E-state index contributed by atoms with van der Waals surface area (Å²) in [5.74, 6) is -7.98. The van der Waals surface area contributed by atoms with E-state index in [9.17, 15) is 38.4 Å². The summed E-state index contributed by atoms with van der Waals surface area (Å²) >= 11 is 0. The van der Waals surface area contributed by atoms with E-state index in [2.05, 4.69) is 5.32 Å². The predicted octanol–water partition coefficient (Wildman–Crippen LogP) is 2.04. The number of esters is 7. The third-order valence-corrected chi connectivity index (χ3v) is 14.8. The van der Waals surface area contributed by atoms with Crippen molar-refractivity contribution in [2.45, 2.75) is 162 Å². The number of carbonyl (C=O) groups is 8. The second-order valence-corrected chi connectivity index (χ2v) is 20.0. The maximum atomic E-state index is 13.1. The topological polar surface area (TPSA) is 241 Å². The van der Waals surface area contributed by atoms with E-state index in [1.165, 1.54) is 6.92 Å². The van der Waals surface area contributed by atoms with Gasteiger partial charge in [-0.05, 0) is 24.1 Å². The summed E-state index contributed by atoms with van der Waals surface area (Å²) in [5, 5.41) is 2.37. The van der Waals surface area contributed by atoms with E-state index in [0.29, 0.717) is 0 Å². The zero-order valence-electron chi connectivity index (χ0n) is 35.2. The molecule has 0 aromatic carbocycles. The first kappa shape index (κ1) is 49.0. The first-order valence-electron chi connectivity index (χ1n) is 18.6. The largest absolute Gasteiger partial charge is 0.463 e. The lowest BCUT2D eigenvalue weighted by Gasteiger charge is -2.53. The van der Waals surface area contributed by atoms with Gasteiger partial charge in [0.1, 0.15) is 49.8 Å². The Kier molecular flexibility index (Phi) is 17.6. The molecule has 1 N–H and O–H groups in total. The second kappa shape index (κ2) is 20.5. The molecule has 2 rings (SSSR count). The lowest BCUT2D eigenvalue weighted by molar-refractivity contribution is -0.295. The molecule has 0 aromatic heterocycles. The SMILES string of the molecule is CC(=O)N[C@H]1[C@H](O[Si](C)(C)C(C)(C)C(C)C)O[C@H](COC(C)=O)[C@@H]([C@@H](OC(C)=O)[C@@H]2O[C@H](COC(C)=O)[C@H](OC(C)=O)[C@H](OC(C)=O)[C@H]2OC(C)=O)[C@@H]1OC(C)=O. The normalized spacial score (nSPS) is 28.2. The van der Waals surface area contributed by atoms with E-state index in [1.807, 2.05) is 40.8 Å². The number of carbonyl (C=O) groups excluding carboxylic acids is 8. The van der Waals surface area contributed by atoms with Gasteiger partial charge in [-0.2, -0.15) is 0 Å². The van der Waals surface area contributed by atoms with Crippen molar-refractivity contribution in [2.24, 2.45) is 11.8 Å². The molecule has 2 heterocycles. The highest BCUT2D eigenvalue weighted by Gasteiger charge is 2.62. The molecule has 1 amide bonds. The van der Waals surface area contributed by atoms with Gasteiger partial charge in [-0.25, -0.2) is 0 Å². The van der Waals surface area contributed by atoms with Crippen LogP contribution in [0.1, 0.15) is 83.1 Å². The van der Waals surface area contributed by atoms with Crippen molar-refractivity contribution in [3.05, 3.63) is 0 Å². The Labute approximate surface area is 333 Å². The van der Waals surface area contributed by atoms with Gasteiger partial charge in [0.05, 0.1) is 5.92 Å². The number of hydrogen-bond acceptors (Lipinski definition) is 18. The quantitative estimate of drug-likeness (QED) is 0.133. The maximum Gasteiger partial charge on any atom is 0.303 e. The predicted molar refractivity (Wildman–Crippen MR) is 197 cm³/mol. The molecule has 0 radical (unpaired) electrons. The molecule has 57 heavy (non-hydrogen) atoms. The first-order valence-corrected chi connectivity index (χ1v) is 21.5. The molecule has 2 saturated heterocycles. The van der Waals surface area contributed by atoms with E-state index in [-0.39, 0.29) is 5.92 Å². The molecular formula is C37H59NO18Si. The number of rotatable bonds is 16. The van der Waals surface area contributed by atoms with E-state index < -0.39 is 141 Å². The average Bonchev–Trinajstić information content (AvgIpc) is 3.04. The van der Waals surface area contributed by atoms with Crippen LogP contribution in [0.2, 0.25) is 18.1 Å². The van der Waals surface area contributed by atoms with Gasteiger partial charge < -0.3 is 52.4 Å². The van der Waals surface area contributed by atoms with Crippen molar-refractivity contribution in [3.63, 3.8) is 0 Å². The van der Waals surface area contributed by atoms with Gasteiger partial charge in [-0.1, -0.05) is 27.7 Å². The number of nitrogens with one attached hydrogen (secondary N) is 1. The van der Waals surface area contributed by atoms with Crippen LogP contribution in [0.15, 0.2) is 0 Å². The molecule has 2 fully saturated rings. The molecule has 11 atom stereocenters. The Balaban J connectivity index is 3.05. The van der Waals surface area contributed by atoms with Crippen molar-refractivity contribution in [3.8, 4) is 0 Å². The van der Waals surface area contributed by atoms with Gasteiger partial charge in [0.2, 0.25) is 5.91 Å².